The molecule has 122 valence electrons. The van der Waals surface area contributed by atoms with Gasteiger partial charge in [0.05, 0.1) is 12.2 Å². The molecule has 4 nitrogen and oxygen atoms in total. The fraction of sp³-hybridized carbons (Fsp3) is 0.765. The SMILES string of the molecule is C=C(C)CC[C@@H](O)[C@H]1OC(C)(C)O[C@@H]1[C@H](O)CCC(=C)C. The molecule has 1 aliphatic rings. The van der Waals surface area contributed by atoms with Crippen LogP contribution >= 0.6 is 0 Å². The van der Waals surface area contributed by atoms with Gasteiger partial charge in [-0.1, -0.05) is 11.1 Å². The summed E-state index contributed by atoms with van der Waals surface area (Å²) in [5.41, 5.74) is 2.04. The minimum absolute atomic E-state index is 0.514. The standard InChI is InChI=1S/C17H30O4/c1-11(2)7-9-13(18)15-16(21-17(5,6)20-15)14(19)10-8-12(3)4/h13-16,18-19H,1,3,7-10H2,2,4-6H3/t13-,14-,15-,16-/m1/s1. The summed E-state index contributed by atoms with van der Waals surface area (Å²) in [5.74, 6) is -0.788. The summed E-state index contributed by atoms with van der Waals surface area (Å²) in [7, 11) is 0. The Kier molecular flexibility index (Phi) is 6.60. The molecular formula is C17H30O4. The fourth-order valence-corrected chi connectivity index (χ4v) is 2.53. The lowest BCUT2D eigenvalue weighted by atomic mass is 9.95. The summed E-state index contributed by atoms with van der Waals surface area (Å²) < 4.78 is 11.6. The summed E-state index contributed by atoms with van der Waals surface area (Å²) in [6.45, 7) is 15.2. The lowest BCUT2D eigenvalue weighted by Crippen LogP contribution is -2.42. The first-order valence-corrected chi connectivity index (χ1v) is 7.63. The van der Waals surface area contributed by atoms with Crippen LogP contribution in [0.25, 0.3) is 0 Å². The van der Waals surface area contributed by atoms with Gasteiger partial charge in [0, 0.05) is 0 Å². The van der Waals surface area contributed by atoms with E-state index in [2.05, 4.69) is 13.2 Å². The largest absolute Gasteiger partial charge is 0.390 e. The topological polar surface area (TPSA) is 58.9 Å². The van der Waals surface area contributed by atoms with Gasteiger partial charge in [0.25, 0.3) is 0 Å². The van der Waals surface area contributed by atoms with Gasteiger partial charge >= 0.3 is 0 Å². The van der Waals surface area contributed by atoms with Gasteiger partial charge in [0.1, 0.15) is 12.2 Å². The van der Waals surface area contributed by atoms with Gasteiger partial charge in [-0.05, 0) is 53.4 Å². The number of allylic oxidation sites excluding steroid dienone is 2. The van der Waals surface area contributed by atoms with Crippen molar-refractivity contribution in [2.24, 2.45) is 0 Å². The Balaban J connectivity index is 2.68. The van der Waals surface area contributed by atoms with Crippen LogP contribution in [0.2, 0.25) is 0 Å². The number of hydrogen-bond acceptors (Lipinski definition) is 4. The maximum atomic E-state index is 10.4. The lowest BCUT2D eigenvalue weighted by Gasteiger charge is -2.26. The van der Waals surface area contributed by atoms with E-state index < -0.39 is 30.2 Å². The molecular weight excluding hydrogens is 268 g/mol. The van der Waals surface area contributed by atoms with Crippen LogP contribution in [0.4, 0.5) is 0 Å². The minimum atomic E-state index is -0.788. The third kappa shape index (κ3) is 5.91. The highest BCUT2D eigenvalue weighted by Crippen LogP contribution is 2.34. The van der Waals surface area contributed by atoms with E-state index in [0.717, 1.165) is 24.0 Å². The molecule has 0 bridgehead atoms. The molecule has 0 unspecified atom stereocenters. The predicted octanol–water partition coefficient (Wildman–Crippen LogP) is 2.94. The number of aliphatic hydroxyl groups is 2. The molecule has 0 amide bonds. The molecule has 0 aromatic heterocycles. The third-order valence-electron chi connectivity index (χ3n) is 3.66. The smallest absolute Gasteiger partial charge is 0.164 e. The van der Waals surface area contributed by atoms with E-state index in [1.807, 2.05) is 13.8 Å². The molecule has 21 heavy (non-hydrogen) atoms. The van der Waals surface area contributed by atoms with Crippen LogP contribution < -0.4 is 0 Å². The van der Waals surface area contributed by atoms with Crippen LogP contribution in [-0.2, 0) is 9.47 Å². The van der Waals surface area contributed by atoms with Crippen LogP contribution in [0.3, 0.4) is 0 Å². The van der Waals surface area contributed by atoms with E-state index in [1.165, 1.54) is 0 Å². The Hall–Kier alpha value is -0.680. The first kappa shape index (κ1) is 18.4. The van der Waals surface area contributed by atoms with E-state index in [4.69, 9.17) is 9.47 Å². The number of ether oxygens (including phenoxy) is 2. The van der Waals surface area contributed by atoms with Gasteiger partial charge in [0.15, 0.2) is 5.79 Å². The summed E-state index contributed by atoms with van der Waals surface area (Å²) in [6, 6.07) is 0. The minimum Gasteiger partial charge on any atom is -0.390 e. The second-order valence-corrected chi connectivity index (χ2v) is 6.69. The molecule has 1 aliphatic heterocycles. The molecule has 0 saturated carbocycles. The third-order valence-corrected chi connectivity index (χ3v) is 3.66. The van der Waals surface area contributed by atoms with E-state index in [9.17, 15) is 10.2 Å². The summed E-state index contributed by atoms with van der Waals surface area (Å²) in [6.07, 6.45) is 0.207. The predicted molar refractivity (Wildman–Crippen MR) is 83.9 cm³/mol. The van der Waals surface area contributed by atoms with Crippen LogP contribution in [0, 0.1) is 0 Å². The van der Waals surface area contributed by atoms with Crippen molar-refractivity contribution in [3.63, 3.8) is 0 Å². The number of aliphatic hydroxyl groups excluding tert-OH is 2. The monoisotopic (exact) mass is 298 g/mol. The zero-order chi connectivity index (χ0) is 16.2. The molecule has 0 aliphatic carbocycles. The average Bonchev–Trinajstić information content (AvgIpc) is 2.69. The van der Waals surface area contributed by atoms with Crippen molar-refractivity contribution < 1.29 is 19.7 Å². The maximum absolute atomic E-state index is 10.4. The molecule has 4 heteroatoms. The van der Waals surface area contributed by atoms with Crippen LogP contribution in [-0.4, -0.2) is 40.4 Å². The molecule has 0 aromatic rings. The van der Waals surface area contributed by atoms with Crippen molar-refractivity contribution >= 4 is 0 Å². The molecule has 0 spiro atoms. The molecule has 4 atom stereocenters. The van der Waals surface area contributed by atoms with Crippen molar-refractivity contribution in [3.05, 3.63) is 24.3 Å². The van der Waals surface area contributed by atoms with Gasteiger partial charge in [-0.15, -0.1) is 13.2 Å². The first-order valence-electron chi connectivity index (χ1n) is 7.63. The van der Waals surface area contributed by atoms with E-state index in [-0.39, 0.29) is 0 Å². The van der Waals surface area contributed by atoms with Gasteiger partial charge < -0.3 is 19.7 Å². The maximum Gasteiger partial charge on any atom is 0.164 e. The van der Waals surface area contributed by atoms with Crippen molar-refractivity contribution in [1.29, 1.82) is 0 Å². The Labute approximate surface area is 128 Å². The first-order chi connectivity index (χ1) is 9.62. The van der Waals surface area contributed by atoms with Crippen molar-refractivity contribution in [1.82, 2.24) is 0 Å². The van der Waals surface area contributed by atoms with Gasteiger partial charge in [0.2, 0.25) is 0 Å². The summed E-state index contributed by atoms with van der Waals surface area (Å²) >= 11 is 0. The summed E-state index contributed by atoms with van der Waals surface area (Å²) in [4.78, 5) is 0. The number of rotatable bonds is 8. The molecule has 1 saturated heterocycles. The Bertz CT molecular complexity index is 341. The summed E-state index contributed by atoms with van der Waals surface area (Å²) in [5, 5.41) is 20.7. The van der Waals surface area contributed by atoms with Crippen LogP contribution in [0.1, 0.15) is 53.4 Å². The van der Waals surface area contributed by atoms with E-state index in [0.29, 0.717) is 12.8 Å². The molecule has 1 rings (SSSR count). The van der Waals surface area contributed by atoms with Crippen LogP contribution in [0.15, 0.2) is 24.3 Å². The Morgan fingerprint density at radius 1 is 0.952 bits per heavy atom. The Morgan fingerprint density at radius 3 is 1.57 bits per heavy atom. The van der Waals surface area contributed by atoms with Crippen molar-refractivity contribution in [2.75, 3.05) is 0 Å². The molecule has 1 fully saturated rings. The second-order valence-electron chi connectivity index (χ2n) is 6.69. The molecule has 0 aromatic carbocycles. The van der Waals surface area contributed by atoms with Crippen molar-refractivity contribution in [3.8, 4) is 0 Å². The second kappa shape index (κ2) is 7.54. The molecule has 1 heterocycles. The highest BCUT2D eigenvalue weighted by atomic mass is 16.8. The van der Waals surface area contributed by atoms with Gasteiger partial charge in [-0.2, -0.15) is 0 Å². The Morgan fingerprint density at radius 2 is 1.29 bits per heavy atom. The van der Waals surface area contributed by atoms with Gasteiger partial charge in [-0.3, -0.25) is 0 Å². The number of hydrogen-bond donors (Lipinski definition) is 2. The van der Waals surface area contributed by atoms with Gasteiger partial charge in [-0.25, -0.2) is 0 Å². The molecule has 2 N–H and O–H groups in total. The van der Waals surface area contributed by atoms with Crippen molar-refractivity contribution in [2.45, 2.75) is 83.6 Å². The normalized spacial score (nSPS) is 27.3. The molecule has 0 radical (unpaired) electrons. The van der Waals surface area contributed by atoms with Crippen LogP contribution in [0.5, 0.6) is 0 Å². The van der Waals surface area contributed by atoms with E-state index >= 15 is 0 Å². The lowest BCUT2D eigenvalue weighted by molar-refractivity contribution is -0.161. The zero-order valence-corrected chi connectivity index (χ0v) is 13.8. The van der Waals surface area contributed by atoms with E-state index in [1.54, 1.807) is 13.8 Å². The average molecular weight is 298 g/mol. The zero-order valence-electron chi connectivity index (χ0n) is 13.8. The fourth-order valence-electron chi connectivity index (χ4n) is 2.53. The highest BCUT2D eigenvalue weighted by Gasteiger charge is 2.47. The highest BCUT2D eigenvalue weighted by molar-refractivity contribution is 4.96. The quantitative estimate of drug-likeness (QED) is 0.676.